The first-order valence-electron chi connectivity index (χ1n) is 10.5. The van der Waals surface area contributed by atoms with Crippen LogP contribution >= 0.6 is 0 Å². The van der Waals surface area contributed by atoms with Gasteiger partial charge in [0.15, 0.2) is 0 Å². The van der Waals surface area contributed by atoms with Gasteiger partial charge in [-0.1, -0.05) is 6.07 Å². The lowest BCUT2D eigenvalue weighted by atomic mass is 10.0. The molecule has 0 spiro atoms. The Hall–Kier alpha value is -3.62. The fraction of sp³-hybridized carbons (Fsp3) is 0.250. The molecule has 3 N–H and O–H groups in total. The molecule has 0 radical (unpaired) electrons. The highest BCUT2D eigenvalue weighted by molar-refractivity contribution is 5.97. The van der Waals surface area contributed by atoms with Crippen molar-refractivity contribution in [3.05, 3.63) is 70.8 Å². The molecule has 0 bridgehead atoms. The van der Waals surface area contributed by atoms with Crippen LogP contribution in [0.1, 0.15) is 16.8 Å². The molecule has 1 aliphatic heterocycles. The van der Waals surface area contributed by atoms with Gasteiger partial charge in [-0.3, -0.25) is 14.6 Å². The number of hydrogen-bond donors (Lipinski definition) is 2. The van der Waals surface area contributed by atoms with Crippen LogP contribution in [-0.2, 0) is 7.05 Å². The second-order valence-electron chi connectivity index (χ2n) is 8.35. The Bertz CT molecular complexity index is 1400. The SMILES string of the molecule is Cn1ccc2cc(-c3cnc4ccc(C(=O)N5C[C@@H](N)C[C@H](O)C5)cc4n3)ccc2c1=O. The molecule has 0 saturated carbocycles. The maximum Gasteiger partial charge on any atom is 0.258 e. The zero-order chi connectivity index (χ0) is 22.4. The Morgan fingerprint density at radius 3 is 2.78 bits per heavy atom. The van der Waals surface area contributed by atoms with Crippen molar-refractivity contribution in [1.29, 1.82) is 0 Å². The highest BCUT2D eigenvalue weighted by atomic mass is 16.3. The van der Waals surface area contributed by atoms with Gasteiger partial charge < -0.3 is 20.3 Å². The minimum absolute atomic E-state index is 0.0515. The van der Waals surface area contributed by atoms with Crippen LogP contribution in [0.3, 0.4) is 0 Å². The lowest BCUT2D eigenvalue weighted by molar-refractivity contribution is 0.0424. The van der Waals surface area contributed by atoms with E-state index in [9.17, 15) is 14.7 Å². The number of carbonyl (C=O) groups is 1. The van der Waals surface area contributed by atoms with E-state index in [0.717, 1.165) is 10.9 Å². The number of likely N-dealkylation sites (tertiary alicyclic amines) is 1. The molecule has 8 heteroatoms. The minimum Gasteiger partial charge on any atom is -0.391 e. The van der Waals surface area contributed by atoms with Crippen LogP contribution < -0.4 is 11.3 Å². The molecule has 2 atom stereocenters. The van der Waals surface area contributed by atoms with Crippen LogP contribution in [0, 0.1) is 0 Å². The summed E-state index contributed by atoms with van der Waals surface area (Å²) < 4.78 is 1.55. The highest BCUT2D eigenvalue weighted by Gasteiger charge is 2.27. The average molecular weight is 429 g/mol. The molecule has 0 aliphatic carbocycles. The summed E-state index contributed by atoms with van der Waals surface area (Å²) in [6, 6.07) is 12.4. The Kier molecular flexibility index (Phi) is 4.96. The molecular formula is C24H23N5O3. The number of piperidine rings is 1. The fourth-order valence-corrected chi connectivity index (χ4v) is 4.25. The molecule has 5 rings (SSSR count). The summed E-state index contributed by atoms with van der Waals surface area (Å²) in [6.45, 7) is 0.684. The van der Waals surface area contributed by atoms with Gasteiger partial charge in [0.05, 0.1) is 29.0 Å². The number of aliphatic hydroxyl groups excluding tert-OH is 1. The Morgan fingerprint density at radius 1 is 1.12 bits per heavy atom. The number of rotatable bonds is 2. The van der Waals surface area contributed by atoms with Gasteiger partial charge >= 0.3 is 0 Å². The molecule has 8 nitrogen and oxygen atoms in total. The second kappa shape index (κ2) is 7.81. The Balaban J connectivity index is 1.51. The lowest BCUT2D eigenvalue weighted by Gasteiger charge is -2.34. The first kappa shape index (κ1) is 20.3. The Morgan fingerprint density at radius 2 is 1.97 bits per heavy atom. The normalized spacial score (nSPS) is 18.9. The zero-order valence-electron chi connectivity index (χ0n) is 17.6. The van der Waals surface area contributed by atoms with Crippen LogP contribution in [-0.4, -0.2) is 55.7 Å². The summed E-state index contributed by atoms with van der Waals surface area (Å²) in [4.78, 5) is 36.1. The molecule has 162 valence electrons. The minimum atomic E-state index is -0.612. The molecule has 2 aromatic carbocycles. The first-order chi connectivity index (χ1) is 15.4. The number of amides is 1. The largest absolute Gasteiger partial charge is 0.391 e. The number of aryl methyl sites for hydroxylation is 1. The topological polar surface area (TPSA) is 114 Å². The number of pyridine rings is 1. The molecule has 0 unspecified atom stereocenters. The summed E-state index contributed by atoms with van der Waals surface area (Å²) in [5.41, 5.74) is 9.15. The Labute approximate surface area is 183 Å². The van der Waals surface area contributed by atoms with Gasteiger partial charge in [-0.2, -0.15) is 0 Å². The quantitative estimate of drug-likeness (QED) is 0.501. The van der Waals surface area contributed by atoms with E-state index in [1.165, 1.54) is 0 Å². The van der Waals surface area contributed by atoms with Crippen LogP contribution in [0.5, 0.6) is 0 Å². The zero-order valence-corrected chi connectivity index (χ0v) is 17.6. The number of benzene rings is 2. The molecule has 1 saturated heterocycles. The van der Waals surface area contributed by atoms with E-state index in [1.807, 2.05) is 18.2 Å². The summed E-state index contributed by atoms with van der Waals surface area (Å²) >= 11 is 0. The molecule has 1 amide bonds. The maximum absolute atomic E-state index is 13.0. The van der Waals surface area contributed by atoms with Gasteiger partial charge in [0.2, 0.25) is 0 Å². The van der Waals surface area contributed by atoms with E-state index < -0.39 is 6.10 Å². The van der Waals surface area contributed by atoms with Crippen LogP contribution in [0.25, 0.3) is 33.1 Å². The molecule has 4 aromatic rings. The van der Waals surface area contributed by atoms with Crippen molar-refractivity contribution in [1.82, 2.24) is 19.4 Å². The summed E-state index contributed by atoms with van der Waals surface area (Å²) in [6.07, 6.45) is 3.31. The first-order valence-corrected chi connectivity index (χ1v) is 10.5. The van der Waals surface area contributed by atoms with Crippen molar-refractivity contribution in [2.75, 3.05) is 13.1 Å². The number of nitrogens with two attached hydrogens (primary N) is 1. The van der Waals surface area contributed by atoms with Crippen molar-refractivity contribution >= 4 is 27.7 Å². The van der Waals surface area contributed by atoms with Crippen molar-refractivity contribution in [3.8, 4) is 11.3 Å². The van der Waals surface area contributed by atoms with Crippen LogP contribution in [0.4, 0.5) is 0 Å². The molecule has 2 aromatic heterocycles. The van der Waals surface area contributed by atoms with E-state index in [1.54, 1.807) is 53.2 Å². The fourth-order valence-electron chi connectivity index (χ4n) is 4.25. The average Bonchev–Trinajstić information content (AvgIpc) is 2.79. The maximum atomic E-state index is 13.0. The van der Waals surface area contributed by atoms with E-state index in [-0.39, 0.29) is 24.1 Å². The van der Waals surface area contributed by atoms with Crippen molar-refractivity contribution in [2.24, 2.45) is 12.8 Å². The predicted octanol–water partition coefficient (Wildman–Crippen LogP) is 1.68. The number of nitrogens with zero attached hydrogens (tertiary/aromatic N) is 4. The van der Waals surface area contributed by atoms with Gasteiger partial charge in [-0.15, -0.1) is 0 Å². The summed E-state index contributed by atoms with van der Waals surface area (Å²) in [7, 11) is 1.72. The lowest BCUT2D eigenvalue weighted by Crippen LogP contribution is -2.51. The monoisotopic (exact) mass is 429 g/mol. The number of aromatic nitrogens is 3. The molecule has 3 heterocycles. The third kappa shape index (κ3) is 3.63. The van der Waals surface area contributed by atoms with Gasteiger partial charge in [-0.05, 0) is 48.2 Å². The van der Waals surface area contributed by atoms with Gasteiger partial charge in [-0.25, -0.2) is 4.98 Å². The number of hydrogen-bond acceptors (Lipinski definition) is 6. The van der Waals surface area contributed by atoms with E-state index >= 15 is 0 Å². The van der Waals surface area contributed by atoms with Gasteiger partial charge in [0, 0.05) is 48.9 Å². The van der Waals surface area contributed by atoms with Gasteiger partial charge in [0.1, 0.15) is 0 Å². The smallest absolute Gasteiger partial charge is 0.258 e. The number of β-amino-alcohol motifs (C(OH)–C–C–N with tert-alkyl or cyclic N) is 1. The van der Waals surface area contributed by atoms with Crippen molar-refractivity contribution in [2.45, 2.75) is 18.6 Å². The number of fused-ring (bicyclic) bond motifs is 2. The number of carbonyl (C=O) groups excluding carboxylic acids is 1. The highest BCUT2D eigenvalue weighted by Crippen LogP contribution is 2.24. The molecular weight excluding hydrogens is 406 g/mol. The van der Waals surface area contributed by atoms with E-state index in [4.69, 9.17) is 10.7 Å². The van der Waals surface area contributed by atoms with E-state index in [2.05, 4.69) is 4.98 Å². The summed E-state index contributed by atoms with van der Waals surface area (Å²) in [5, 5.41) is 11.4. The van der Waals surface area contributed by atoms with Crippen molar-refractivity contribution < 1.29 is 9.90 Å². The van der Waals surface area contributed by atoms with E-state index in [0.29, 0.717) is 40.6 Å². The summed E-state index contributed by atoms with van der Waals surface area (Å²) in [5.74, 6) is -0.185. The third-order valence-electron chi connectivity index (χ3n) is 5.91. The third-order valence-corrected chi connectivity index (χ3v) is 5.91. The van der Waals surface area contributed by atoms with Gasteiger partial charge in [0.25, 0.3) is 11.5 Å². The molecule has 1 aliphatic rings. The molecule has 1 fully saturated rings. The van der Waals surface area contributed by atoms with Crippen LogP contribution in [0.15, 0.2) is 59.7 Å². The van der Waals surface area contributed by atoms with Crippen molar-refractivity contribution in [3.63, 3.8) is 0 Å². The number of aliphatic hydroxyl groups is 1. The predicted molar refractivity (Wildman–Crippen MR) is 122 cm³/mol. The second-order valence-corrected chi connectivity index (χ2v) is 8.35. The molecule has 32 heavy (non-hydrogen) atoms. The van der Waals surface area contributed by atoms with Crippen LogP contribution in [0.2, 0.25) is 0 Å². The standard InChI is InChI=1S/C24H23N5O3/c1-28-7-6-14-8-15(2-4-19(14)24(28)32)22-11-26-20-5-3-16(9-21(20)27-22)23(31)29-12-17(25)10-18(30)13-29/h2-9,11,17-18,30H,10,12-13,25H2,1H3/t17-,18-/m0/s1.